The van der Waals surface area contributed by atoms with Crippen molar-refractivity contribution in [2.75, 3.05) is 18.0 Å². The van der Waals surface area contributed by atoms with Crippen molar-refractivity contribution in [1.82, 2.24) is 20.3 Å². The van der Waals surface area contributed by atoms with E-state index in [1.807, 2.05) is 6.92 Å². The second kappa shape index (κ2) is 5.76. The molecule has 1 aromatic carbocycles. The highest BCUT2D eigenvalue weighted by molar-refractivity contribution is 5.88. The molecule has 5 rings (SSSR count). The van der Waals surface area contributed by atoms with Crippen LogP contribution in [0.5, 0.6) is 0 Å². The van der Waals surface area contributed by atoms with E-state index in [1.165, 1.54) is 18.5 Å². The lowest BCUT2D eigenvalue weighted by atomic mass is 9.91. The number of fused-ring (bicyclic) bond motifs is 2. The Bertz CT molecular complexity index is 1100. The quantitative estimate of drug-likeness (QED) is 0.545. The van der Waals surface area contributed by atoms with Crippen molar-refractivity contribution in [1.29, 1.82) is 0 Å². The number of nitrogens with zero attached hydrogens (tertiary/aromatic N) is 5. The van der Waals surface area contributed by atoms with Gasteiger partial charge in [0.2, 0.25) is 0 Å². The van der Waals surface area contributed by atoms with Crippen LogP contribution in [0.2, 0.25) is 0 Å². The highest BCUT2D eigenvalue weighted by atomic mass is 19.1. The molecule has 4 heterocycles. The van der Waals surface area contributed by atoms with E-state index in [2.05, 4.69) is 25.2 Å². The minimum Gasteiger partial charge on any atom is -0.356 e. The Hall–Kier alpha value is -3.03. The summed E-state index contributed by atoms with van der Waals surface area (Å²) in [5.41, 5.74) is 2.72. The molecule has 0 amide bonds. The molecule has 26 heavy (non-hydrogen) atoms. The Balaban J connectivity index is 1.41. The van der Waals surface area contributed by atoms with Crippen LogP contribution in [-0.2, 0) is 0 Å². The van der Waals surface area contributed by atoms with Gasteiger partial charge in [0.25, 0.3) is 5.71 Å². The third-order valence-electron chi connectivity index (χ3n) is 5.07. The number of piperidine rings is 1. The molecule has 0 N–H and O–H groups in total. The summed E-state index contributed by atoms with van der Waals surface area (Å²) in [4.78, 5) is 10.8. The Morgan fingerprint density at radius 3 is 2.81 bits per heavy atom. The van der Waals surface area contributed by atoms with Crippen LogP contribution in [0.25, 0.3) is 22.1 Å². The molecule has 1 fully saturated rings. The SMILES string of the molecule is Cc1noc2ncnc(N3CCC(c4noc5cc(F)ccc45)CC3)c12. The van der Waals surface area contributed by atoms with E-state index in [4.69, 9.17) is 9.05 Å². The lowest BCUT2D eigenvalue weighted by molar-refractivity contribution is 0.416. The summed E-state index contributed by atoms with van der Waals surface area (Å²) in [5, 5.41) is 9.96. The number of aryl methyl sites for hydroxylation is 1. The number of anilines is 1. The molecule has 8 heteroatoms. The average Bonchev–Trinajstić information content (AvgIpc) is 3.25. The fourth-order valence-corrected chi connectivity index (χ4v) is 3.73. The van der Waals surface area contributed by atoms with E-state index in [-0.39, 0.29) is 11.7 Å². The summed E-state index contributed by atoms with van der Waals surface area (Å²) >= 11 is 0. The average molecular weight is 353 g/mol. The van der Waals surface area contributed by atoms with E-state index < -0.39 is 0 Å². The smallest absolute Gasteiger partial charge is 0.263 e. The van der Waals surface area contributed by atoms with E-state index in [0.717, 1.165) is 53.9 Å². The summed E-state index contributed by atoms with van der Waals surface area (Å²) in [7, 11) is 0. The first-order valence-electron chi connectivity index (χ1n) is 8.57. The Morgan fingerprint density at radius 2 is 1.96 bits per heavy atom. The van der Waals surface area contributed by atoms with Crippen molar-refractivity contribution >= 4 is 27.9 Å². The van der Waals surface area contributed by atoms with Gasteiger partial charge in [-0.1, -0.05) is 10.3 Å². The van der Waals surface area contributed by atoms with Crippen molar-refractivity contribution in [3.63, 3.8) is 0 Å². The Kier molecular flexibility index (Phi) is 3.37. The molecule has 1 aliphatic heterocycles. The summed E-state index contributed by atoms with van der Waals surface area (Å²) in [6.45, 7) is 3.56. The summed E-state index contributed by atoms with van der Waals surface area (Å²) in [6, 6.07) is 4.58. The highest BCUT2D eigenvalue weighted by Gasteiger charge is 2.27. The molecule has 7 nitrogen and oxygen atoms in total. The van der Waals surface area contributed by atoms with Crippen LogP contribution in [0.1, 0.15) is 30.1 Å². The normalized spacial score (nSPS) is 16.0. The maximum absolute atomic E-state index is 13.3. The number of benzene rings is 1. The van der Waals surface area contributed by atoms with Crippen LogP contribution in [0.15, 0.2) is 33.6 Å². The van der Waals surface area contributed by atoms with Gasteiger partial charge in [-0.25, -0.2) is 9.37 Å². The van der Waals surface area contributed by atoms with Crippen LogP contribution >= 0.6 is 0 Å². The van der Waals surface area contributed by atoms with Crippen LogP contribution < -0.4 is 4.90 Å². The first kappa shape index (κ1) is 15.2. The third-order valence-corrected chi connectivity index (χ3v) is 5.07. The molecule has 132 valence electrons. The lowest BCUT2D eigenvalue weighted by Gasteiger charge is -2.32. The van der Waals surface area contributed by atoms with E-state index in [9.17, 15) is 4.39 Å². The van der Waals surface area contributed by atoms with Crippen molar-refractivity contribution < 1.29 is 13.4 Å². The minimum absolute atomic E-state index is 0.277. The molecule has 0 aliphatic carbocycles. The van der Waals surface area contributed by atoms with Crippen LogP contribution in [-0.4, -0.2) is 33.4 Å². The number of halogens is 1. The summed E-state index contributed by atoms with van der Waals surface area (Å²) in [6.07, 6.45) is 3.33. The monoisotopic (exact) mass is 353 g/mol. The standard InChI is InChI=1S/C18H16FN5O2/c1-10-15-17(20-9-21-18(15)26-22-10)24-6-4-11(5-7-24)16-13-3-2-12(19)8-14(13)25-23-16/h2-3,8-9,11H,4-7H2,1H3. The first-order chi connectivity index (χ1) is 12.7. The molecule has 0 spiro atoms. The minimum atomic E-state index is -0.313. The Labute approximate surface area is 147 Å². The zero-order chi connectivity index (χ0) is 17.7. The predicted octanol–water partition coefficient (Wildman–Crippen LogP) is 3.59. The van der Waals surface area contributed by atoms with Gasteiger partial charge in [-0.05, 0) is 31.9 Å². The molecule has 0 atom stereocenters. The van der Waals surface area contributed by atoms with Gasteiger partial charge < -0.3 is 13.9 Å². The zero-order valence-corrected chi connectivity index (χ0v) is 14.1. The maximum atomic E-state index is 13.3. The molecule has 0 saturated carbocycles. The topological polar surface area (TPSA) is 81.1 Å². The molecule has 1 saturated heterocycles. The summed E-state index contributed by atoms with van der Waals surface area (Å²) in [5.74, 6) is 0.824. The maximum Gasteiger partial charge on any atom is 0.263 e. The molecule has 1 aliphatic rings. The van der Waals surface area contributed by atoms with Gasteiger partial charge in [-0.3, -0.25) is 0 Å². The second-order valence-corrected chi connectivity index (χ2v) is 6.62. The van der Waals surface area contributed by atoms with Crippen molar-refractivity contribution in [3.05, 3.63) is 41.7 Å². The molecular formula is C18H16FN5O2. The van der Waals surface area contributed by atoms with Crippen molar-refractivity contribution in [2.45, 2.75) is 25.7 Å². The van der Waals surface area contributed by atoms with Crippen LogP contribution in [0.3, 0.4) is 0 Å². The van der Waals surface area contributed by atoms with E-state index in [0.29, 0.717) is 11.3 Å². The van der Waals surface area contributed by atoms with E-state index >= 15 is 0 Å². The fourth-order valence-electron chi connectivity index (χ4n) is 3.73. The number of hydrogen-bond donors (Lipinski definition) is 0. The largest absolute Gasteiger partial charge is 0.356 e. The fraction of sp³-hybridized carbons (Fsp3) is 0.333. The van der Waals surface area contributed by atoms with Gasteiger partial charge in [-0.15, -0.1) is 0 Å². The molecule has 0 unspecified atom stereocenters. The van der Waals surface area contributed by atoms with Gasteiger partial charge in [0.1, 0.15) is 23.3 Å². The highest BCUT2D eigenvalue weighted by Crippen LogP contribution is 2.35. The van der Waals surface area contributed by atoms with Crippen molar-refractivity contribution in [2.24, 2.45) is 0 Å². The van der Waals surface area contributed by atoms with Gasteiger partial charge in [0.05, 0.1) is 11.4 Å². The van der Waals surface area contributed by atoms with Crippen molar-refractivity contribution in [3.8, 4) is 0 Å². The first-order valence-corrected chi connectivity index (χ1v) is 8.57. The Morgan fingerprint density at radius 1 is 1.12 bits per heavy atom. The molecular weight excluding hydrogens is 337 g/mol. The van der Waals surface area contributed by atoms with Crippen LogP contribution in [0.4, 0.5) is 10.2 Å². The van der Waals surface area contributed by atoms with E-state index in [1.54, 1.807) is 6.07 Å². The molecule has 3 aromatic heterocycles. The predicted molar refractivity (Wildman–Crippen MR) is 92.5 cm³/mol. The van der Waals surface area contributed by atoms with Gasteiger partial charge in [-0.2, -0.15) is 4.98 Å². The third kappa shape index (κ3) is 2.33. The molecule has 4 aromatic rings. The van der Waals surface area contributed by atoms with Crippen LogP contribution in [0, 0.1) is 12.7 Å². The lowest BCUT2D eigenvalue weighted by Crippen LogP contribution is -2.33. The zero-order valence-electron chi connectivity index (χ0n) is 14.1. The number of hydrogen-bond acceptors (Lipinski definition) is 7. The molecule has 0 bridgehead atoms. The molecule has 0 radical (unpaired) electrons. The summed E-state index contributed by atoms with van der Waals surface area (Å²) < 4.78 is 23.9. The van der Waals surface area contributed by atoms with Gasteiger partial charge in [0.15, 0.2) is 5.58 Å². The van der Waals surface area contributed by atoms with Gasteiger partial charge >= 0.3 is 0 Å². The number of aromatic nitrogens is 4. The second-order valence-electron chi connectivity index (χ2n) is 6.62. The van der Waals surface area contributed by atoms with Gasteiger partial charge in [0, 0.05) is 30.5 Å². The number of rotatable bonds is 2.